The zero-order valence-electron chi connectivity index (χ0n) is 8.92. The summed E-state index contributed by atoms with van der Waals surface area (Å²) in [5.74, 6) is -0.0186. The third-order valence-corrected chi connectivity index (χ3v) is 2.79. The van der Waals surface area contributed by atoms with Crippen LogP contribution in [-0.4, -0.2) is 14.7 Å². The van der Waals surface area contributed by atoms with Gasteiger partial charge in [0.05, 0.1) is 10.6 Å². The Morgan fingerprint density at radius 1 is 1.53 bits per heavy atom. The van der Waals surface area contributed by atoms with E-state index < -0.39 is 4.92 Å². The molecule has 2 N–H and O–H groups in total. The van der Waals surface area contributed by atoms with Crippen LogP contribution in [0.1, 0.15) is 5.56 Å². The number of nitro groups is 1. The number of nitrogens with two attached hydrogens (primary N) is 1. The molecular formula is C10H9ClN4O2. The Kier molecular flexibility index (Phi) is 2.72. The molecule has 1 heterocycles. The van der Waals surface area contributed by atoms with Gasteiger partial charge in [-0.25, -0.2) is 4.68 Å². The molecule has 7 heteroatoms. The molecule has 0 aliphatic rings. The van der Waals surface area contributed by atoms with Gasteiger partial charge in [-0.15, -0.1) is 0 Å². The van der Waals surface area contributed by atoms with Crippen molar-refractivity contribution in [1.82, 2.24) is 9.78 Å². The smallest absolute Gasteiger partial charge is 0.331 e. The van der Waals surface area contributed by atoms with Crippen LogP contribution in [0.5, 0.6) is 0 Å². The van der Waals surface area contributed by atoms with E-state index in [-0.39, 0.29) is 11.5 Å². The summed E-state index contributed by atoms with van der Waals surface area (Å²) in [5.41, 5.74) is 6.92. The number of aromatic nitrogens is 2. The molecule has 0 amide bonds. The van der Waals surface area contributed by atoms with Gasteiger partial charge in [0.25, 0.3) is 0 Å². The first-order chi connectivity index (χ1) is 8.00. The monoisotopic (exact) mass is 252 g/mol. The van der Waals surface area contributed by atoms with E-state index >= 15 is 0 Å². The first-order valence-electron chi connectivity index (χ1n) is 4.75. The number of nitrogens with zero attached hydrogens (tertiary/aromatic N) is 3. The molecule has 0 spiro atoms. The minimum atomic E-state index is -0.575. The quantitative estimate of drug-likeness (QED) is 0.656. The van der Waals surface area contributed by atoms with Crippen LogP contribution in [0.25, 0.3) is 5.69 Å². The summed E-state index contributed by atoms with van der Waals surface area (Å²) in [4.78, 5) is 10.1. The van der Waals surface area contributed by atoms with E-state index in [0.29, 0.717) is 10.7 Å². The highest BCUT2D eigenvalue weighted by atomic mass is 35.5. The van der Waals surface area contributed by atoms with Gasteiger partial charge in [-0.3, -0.25) is 10.1 Å². The van der Waals surface area contributed by atoms with Crippen LogP contribution < -0.4 is 5.73 Å². The number of nitrogen functional groups attached to an aromatic ring is 1. The first kappa shape index (κ1) is 11.4. The molecule has 1 aromatic carbocycles. The second-order valence-electron chi connectivity index (χ2n) is 3.52. The third-order valence-electron chi connectivity index (χ3n) is 2.38. The van der Waals surface area contributed by atoms with E-state index in [9.17, 15) is 10.1 Å². The summed E-state index contributed by atoms with van der Waals surface area (Å²) < 4.78 is 1.28. The minimum Gasteiger partial charge on any atom is -0.378 e. The Morgan fingerprint density at radius 3 is 2.76 bits per heavy atom. The van der Waals surface area contributed by atoms with Gasteiger partial charge in [0, 0.05) is 5.02 Å². The van der Waals surface area contributed by atoms with Crippen LogP contribution in [0, 0.1) is 17.0 Å². The molecule has 0 bridgehead atoms. The number of benzene rings is 1. The molecule has 0 atom stereocenters. The van der Waals surface area contributed by atoms with Crippen molar-refractivity contribution in [3.8, 4) is 5.69 Å². The van der Waals surface area contributed by atoms with Gasteiger partial charge in [0.2, 0.25) is 5.82 Å². The van der Waals surface area contributed by atoms with E-state index in [0.717, 1.165) is 11.8 Å². The molecule has 88 valence electrons. The minimum absolute atomic E-state index is 0.0186. The number of aryl methyl sites for hydroxylation is 1. The maximum atomic E-state index is 10.6. The van der Waals surface area contributed by atoms with Crippen molar-refractivity contribution in [2.24, 2.45) is 0 Å². The molecule has 6 nitrogen and oxygen atoms in total. The molecule has 2 rings (SSSR count). The lowest BCUT2D eigenvalue weighted by Gasteiger charge is -2.05. The largest absolute Gasteiger partial charge is 0.378 e. The van der Waals surface area contributed by atoms with Gasteiger partial charge < -0.3 is 5.73 Å². The lowest BCUT2D eigenvalue weighted by Crippen LogP contribution is -2.03. The Hall–Kier alpha value is -2.08. The molecule has 0 radical (unpaired) electrons. The summed E-state index contributed by atoms with van der Waals surface area (Å²) in [5, 5.41) is 15.1. The van der Waals surface area contributed by atoms with Crippen LogP contribution in [0.15, 0.2) is 24.4 Å². The van der Waals surface area contributed by atoms with E-state index in [2.05, 4.69) is 5.10 Å². The molecule has 0 saturated heterocycles. The van der Waals surface area contributed by atoms with Crippen LogP contribution in [-0.2, 0) is 0 Å². The molecule has 0 unspecified atom stereocenters. The maximum Gasteiger partial charge on any atom is 0.331 e. The SMILES string of the molecule is Cc1ccc(-n2ncc([N+](=O)[O-])c2N)cc1Cl. The van der Waals surface area contributed by atoms with Crippen molar-refractivity contribution in [3.63, 3.8) is 0 Å². The summed E-state index contributed by atoms with van der Waals surface area (Å²) in [6.45, 7) is 1.86. The second kappa shape index (κ2) is 4.06. The van der Waals surface area contributed by atoms with E-state index in [1.807, 2.05) is 6.92 Å². The molecule has 0 aliphatic heterocycles. The molecule has 1 aromatic heterocycles. The number of anilines is 1. The number of hydrogen-bond acceptors (Lipinski definition) is 4. The van der Waals surface area contributed by atoms with Crippen LogP contribution in [0.4, 0.5) is 11.5 Å². The van der Waals surface area contributed by atoms with Crippen molar-refractivity contribution in [3.05, 3.63) is 45.1 Å². The molecule has 0 fully saturated rings. The molecule has 0 saturated carbocycles. The first-order valence-corrected chi connectivity index (χ1v) is 5.13. The van der Waals surface area contributed by atoms with Gasteiger partial charge in [0.1, 0.15) is 6.20 Å². The molecule has 0 aliphatic carbocycles. The van der Waals surface area contributed by atoms with Crippen molar-refractivity contribution in [2.45, 2.75) is 6.92 Å². The zero-order chi connectivity index (χ0) is 12.6. The van der Waals surface area contributed by atoms with Crippen LogP contribution >= 0.6 is 11.6 Å². The summed E-state index contributed by atoms with van der Waals surface area (Å²) in [7, 11) is 0. The van der Waals surface area contributed by atoms with Crippen molar-refractivity contribution >= 4 is 23.1 Å². The van der Waals surface area contributed by atoms with E-state index in [1.165, 1.54) is 4.68 Å². The summed E-state index contributed by atoms with van der Waals surface area (Å²) >= 11 is 5.97. The fraction of sp³-hybridized carbons (Fsp3) is 0.100. The Bertz CT molecular complexity index is 594. The van der Waals surface area contributed by atoms with Crippen molar-refractivity contribution in [1.29, 1.82) is 0 Å². The standard InChI is InChI=1S/C10H9ClN4O2/c1-6-2-3-7(4-8(6)11)14-10(12)9(5-13-14)15(16)17/h2-5H,12H2,1H3. The fourth-order valence-corrected chi connectivity index (χ4v) is 1.58. The number of hydrogen-bond donors (Lipinski definition) is 1. The number of halogens is 1. The van der Waals surface area contributed by atoms with Crippen LogP contribution in [0.3, 0.4) is 0 Å². The highest BCUT2D eigenvalue weighted by Crippen LogP contribution is 2.25. The van der Waals surface area contributed by atoms with Gasteiger partial charge >= 0.3 is 5.69 Å². The molecule has 17 heavy (non-hydrogen) atoms. The van der Waals surface area contributed by atoms with E-state index in [4.69, 9.17) is 17.3 Å². The summed E-state index contributed by atoms with van der Waals surface area (Å²) in [6.07, 6.45) is 1.11. The molecule has 2 aromatic rings. The predicted molar refractivity (Wildman–Crippen MR) is 64.4 cm³/mol. The third kappa shape index (κ3) is 1.94. The van der Waals surface area contributed by atoms with Gasteiger partial charge in [-0.05, 0) is 24.6 Å². The lowest BCUT2D eigenvalue weighted by atomic mass is 10.2. The Balaban J connectivity index is 2.53. The second-order valence-corrected chi connectivity index (χ2v) is 3.92. The van der Waals surface area contributed by atoms with Crippen molar-refractivity contribution < 1.29 is 4.92 Å². The Morgan fingerprint density at radius 2 is 2.24 bits per heavy atom. The van der Waals surface area contributed by atoms with Crippen molar-refractivity contribution in [2.75, 3.05) is 5.73 Å². The normalized spacial score (nSPS) is 10.5. The van der Waals surface area contributed by atoms with Gasteiger partial charge in [-0.2, -0.15) is 5.10 Å². The fourth-order valence-electron chi connectivity index (χ4n) is 1.41. The maximum absolute atomic E-state index is 10.6. The van der Waals surface area contributed by atoms with Gasteiger partial charge in [0.15, 0.2) is 0 Å². The lowest BCUT2D eigenvalue weighted by molar-refractivity contribution is -0.383. The molecular weight excluding hydrogens is 244 g/mol. The number of rotatable bonds is 2. The highest BCUT2D eigenvalue weighted by molar-refractivity contribution is 6.31. The average molecular weight is 253 g/mol. The van der Waals surface area contributed by atoms with Gasteiger partial charge in [-0.1, -0.05) is 17.7 Å². The highest BCUT2D eigenvalue weighted by Gasteiger charge is 2.18. The summed E-state index contributed by atoms with van der Waals surface area (Å²) in [6, 6.07) is 5.20. The Labute approximate surface area is 102 Å². The van der Waals surface area contributed by atoms with Crippen LogP contribution in [0.2, 0.25) is 5.02 Å². The topological polar surface area (TPSA) is 87.0 Å². The predicted octanol–water partition coefficient (Wildman–Crippen LogP) is 2.32. The zero-order valence-corrected chi connectivity index (χ0v) is 9.68. The van der Waals surface area contributed by atoms with E-state index in [1.54, 1.807) is 18.2 Å². The average Bonchev–Trinajstić information content (AvgIpc) is 2.64.